The third kappa shape index (κ3) is 6.70. The second-order valence-electron chi connectivity index (χ2n) is 10.3. The summed E-state index contributed by atoms with van der Waals surface area (Å²) in [5.41, 5.74) is 0.395. The number of carbonyl (C=O) groups excluding carboxylic acids is 2. The lowest BCUT2D eigenvalue weighted by Crippen LogP contribution is -2.41. The standard InChI is InChI=1S/C26H35N3O4/c1-25(2,3)32-23(30)28-17-11-10-14-21(28)19-15-16-22(27-18-19)29(20-12-8-7-9-13-20)24(31)33-26(4,5)6/h7-9,12-13,15-16,18,21H,10-11,14,17H2,1-6H3/t21-/m1/s1. The van der Waals surface area contributed by atoms with Crippen LogP contribution >= 0.6 is 0 Å². The molecule has 0 spiro atoms. The van der Waals surface area contributed by atoms with Gasteiger partial charge < -0.3 is 14.4 Å². The number of para-hydroxylation sites is 1. The summed E-state index contributed by atoms with van der Waals surface area (Å²) < 4.78 is 11.3. The van der Waals surface area contributed by atoms with Crippen LogP contribution in [0.4, 0.5) is 21.1 Å². The van der Waals surface area contributed by atoms with Gasteiger partial charge in [-0.2, -0.15) is 0 Å². The van der Waals surface area contributed by atoms with E-state index in [2.05, 4.69) is 4.98 Å². The van der Waals surface area contributed by atoms with Crippen LogP contribution in [0, 0.1) is 0 Å². The number of piperidine rings is 1. The summed E-state index contributed by atoms with van der Waals surface area (Å²) in [6.07, 6.45) is 3.75. The van der Waals surface area contributed by atoms with Crippen LogP contribution in [0.15, 0.2) is 48.7 Å². The summed E-state index contributed by atoms with van der Waals surface area (Å²) in [4.78, 5) is 33.7. The van der Waals surface area contributed by atoms with E-state index in [4.69, 9.17) is 9.47 Å². The van der Waals surface area contributed by atoms with Gasteiger partial charge in [-0.25, -0.2) is 19.5 Å². The molecule has 1 atom stereocenters. The van der Waals surface area contributed by atoms with Gasteiger partial charge >= 0.3 is 12.2 Å². The van der Waals surface area contributed by atoms with Crippen LogP contribution in [0.1, 0.15) is 72.4 Å². The number of rotatable bonds is 3. The molecule has 1 fully saturated rings. The van der Waals surface area contributed by atoms with Crippen LogP contribution in [0.3, 0.4) is 0 Å². The molecule has 1 aliphatic rings. The van der Waals surface area contributed by atoms with Gasteiger partial charge in [0.15, 0.2) is 0 Å². The Kier molecular flexibility index (Phi) is 7.30. The van der Waals surface area contributed by atoms with E-state index in [1.54, 1.807) is 17.2 Å². The molecule has 3 rings (SSSR count). The molecule has 0 bridgehead atoms. The molecule has 2 amide bonds. The van der Waals surface area contributed by atoms with Gasteiger partial charge in [-0.15, -0.1) is 0 Å². The van der Waals surface area contributed by atoms with Crippen molar-refractivity contribution in [3.63, 3.8) is 0 Å². The third-order valence-electron chi connectivity index (χ3n) is 5.11. The Hall–Kier alpha value is -3.09. The predicted octanol–water partition coefficient (Wildman–Crippen LogP) is 6.62. The van der Waals surface area contributed by atoms with Crippen molar-refractivity contribution in [1.82, 2.24) is 9.88 Å². The summed E-state index contributed by atoms with van der Waals surface area (Å²) >= 11 is 0. The van der Waals surface area contributed by atoms with Gasteiger partial charge in [0.05, 0.1) is 11.7 Å². The topological polar surface area (TPSA) is 72.0 Å². The minimum Gasteiger partial charge on any atom is -0.444 e. The Balaban J connectivity index is 1.88. The number of likely N-dealkylation sites (tertiary alicyclic amines) is 1. The van der Waals surface area contributed by atoms with Crippen LogP contribution in [-0.2, 0) is 9.47 Å². The molecule has 2 heterocycles. The molecule has 1 aliphatic heterocycles. The average molecular weight is 454 g/mol. The molecule has 1 aromatic heterocycles. The van der Waals surface area contributed by atoms with Crippen molar-refractivity contribution in [2.24, 2.45) is 0 Å². The van der Waals surface area contributed by atoms with E-state index in [1.165, 1.54) is 4.90 Å². The van der Waals surface area contributed by atoms with Crippen molar-refractivity contribution in [2.45, 2.75) is 78.0 Å². The van der Waals surface area contributed by atoms with Crippen molar-refractivity contribution >= 4 is 23.7 Å². The molecule has 0 radical (unpaired) electrons. The first kappa shape index (κ1) is 24.6. The van der Waals surface area contributed by atoms with E-state index in [9.17, 15) is 9.59 Å². The second-order valence-corrected chi connectivity index (χ2v) is 10.3. The maximum absolute atomic E-state index is 13.0. The Morgan fingerprint density at radius 1 is 0.939 bits per heavy atom. The number of amides is 2. The predicted molar refractivity (Wildman–Crippen MR) is 129 cm³/mol. The first-order valence-electron chi connectivity index (χ1n) is 11.5. The third-order valence-corrected chi connectivity index (χ3v) is 5.11. The molecule has 0 aliphatic carbocycles. The molecule has 2 aromatic rings. The summed E-state index contributed by atoms with van der Waals surface area (Å²) in [5, 5.41) is 0. The van der Waals surface area contributed by atoms with E-state index in [1.807, 2.05) is 77.9 Å². The van der Waals surface area contributed by atoms with Gasteiger partial charge in [0.2, 0.25) is 0 Å². The van der Waals surface area contributed by atoms with Crippen molar-refractivity contribution < 1.29 is 19.1 Å². The lowest BCUT2D eigenvalue weighted by molar-refractivity contribution is 0.00947. The lowest BCUT2D eigenvalue weighted by atomic mass is 9.97. The Labute approximate surface area is 196 Å². The lowest BCUT2D eigenvalue weighted by Gasteiger charge is -2.37. The molecule has 0 saturated carbocycles. The zero-order valence-corrected chi connectivity index (χ0v) is 20.5. The second kappa shape index (κ2) is 9.81. The maximum Gasteiger partial charge on any atom is 0.420 e. The summed E-state index contributed by atoms with van der Waals surface area (Å²) in [5.74, 6) is 0.457. The van der Waals surface area contributed by atoms with Crippen LogP contribution < -0.4 is 4.90 Å². The summed E-state index contributed by atoms with van der Waals surface area (Å²) in [7, 11) is 0. The van der Waals surface area contributed by atoms with E-state index in [0.29, 0.717) is 18.1 Å². The molecular weight excluding hydrogens is 418 g/mol. The molecule has 7 nitrogen and oxygen atoms in total. The minimum absolute atomic E-state index is 0.109. The number of ether oxygens (including phenoxy) is 2. The first-order chi connectivity index (χ1) is 15.4. The number of carbonyl (C=O) groups is 2. The van der Waals surface area contributed by atoms with E-state index in [-0.39, 0.29) is 12.1 Å². The van der Waals surface area contributed by atoms with Gasteiger partial charge in [0.25, 0.3) is 0 Å². The average Bonchev–Trinajstić information content (AvgIpc) is 2.73. The molecular formula is C26H35N3O4. The summed E-state index contributed by atoms with van der Waals surface area (Å²) in [6.45, 7) is 11.8. The van der Waals surface area contributed by atoms with Gasteiger partial charge in [0.1, 0.15) is 17.0 Å². The number of nitrogens with zero attached hydrogens (tertiary/aromatic N) is 3. The first-order valence-corrected chi connectivity index (χ1v) is 11.5. The van der Waals surface area contributed by atoms with Crippen molar-refractivity contribution in [1.29, 1.82) is 0 Å². The fourth-order valence-corrected chi connectivity index (χ4v) is 3.76. The van der Waals surface area contributed by atoms with E-state index < -0.39 is 17.3 Å². The fraction of sp³-hybridized carbons (Fsp3) is 0.500. The zero-order valence-electron chi connectivity index (χ0n) is 20.5. The highest BCUT2D eigenvalue weighted by Crippen LogP contribution is 2.33. The van der Waals surface area contributed by atoms with Gasteiger partial charge in [-0.1, -0.05) is 24.3 Å². The van der Waals surface area contributed by atoms with Gasteiger partial charge in [-0.3, -0.25) is 0 Å². The number of pyridine rings is 1. The smallest absolute Gasteiger partial charge is 0.420 e. The van der Waals surface area contributed by atoms with Crippen LogP contribution in [-0.4, -0.2) is 39.8 Å². The number of hydrogen-bond acceptors (Lipinski definition) is 5. The Morgan fingerprint density at radius 3 is 2.18 bits per heavy atom. The quantitative estimate of drug-likeness (QED) is 0.522. The van der Waals surface area contributed by atoms with E-state index in [0.717, 1.165) is 24.8 Å². The molecule has 1 saturated heterocycles. The SMILES string of the molecule is CC(C)(C)OC(=O)N(c1ccccc1)c1ccc([C@H]2CCCCN2C(=O)OC(C)(C)C)cn1. The molecule has 1 aromatic carbocycles. The van der Waals surface area contributed by atoms with Crippen molar-refractivity contribution in [3.8, 4) is 0 Å². The molecule has 0 N–H and O–H groups in total. The molecule has 0 unspecified atom stereocenters. The van der Waals surface area contributed by atoms with Gasteiger partial charge in [-0.05, 0) is 84.6 Å². The zero-order chi connectivity index (χ0) is 24.2. The largest absolute Gasteiger partial charge is 0.444 e. The van der Waals surface area contributed by atoms with Crippen molar-refractivity contribution in [3.05, 3.63) is 54.2 Å². The highest BCUT2D eigenvalue weighted by Gasteiger charge is 2.32. The number of aromatic nitrogens is 1. The highest BCUT2D eigenvalue weighted by molar-refractivity contribution is 5.95. The number of anilines is 2. The normalized spacial score (nSPS) is 16.8. The molecule has 7 heteroatoms. The highest BCUT2D eigenvalue weighted by atomic mass is 16.6. The number of hydrogen-bond donors (Lipinski definition) is 0. The Morgan fingerprint density at radius 2 is 1.61 bits per heavy atom. The monoisotopic (exact) mass is 453 g/mol. The van der Waals surface area contributed by atoms with E-state index >= 15 is 0 Å². The van der Waals surface area contributed by atoms with Crippen LogP contribution in [0.2, 0.25) is 0 Å². The molecule has 178 valence electrons. The summed E-state index contributed by atoms with van der Waals surface area (Å²) in [6, 6.07) is 12.9. The van der Waals surface area contributed by atoms with Crippen molar-refractivity contribution in [2.75, 3.05) is 11.4 Å². The van der Waals surface area contributed by atoms with Gasteiger partial charge in [0, 0.05) is 12.7 Å². The fourth-order valence-electron chi connectivity index (χ4n) is 3.76. The molecule has 33 heavy (non-hydrogen) atoms. The minimum atomic E-state index is -0.639. The maximum atomic E-state index is 13.0. The van der Waals surface area contributed by atoms with Crippen LogP contribution in [0.5, 0.6) is 0 Å². The number of benzene rings is 1. The van der Waals surface area contributed by atoms with Crippen LogP contribution in [0.25, 0.3) is 0 Å². The Bertz CT molecular complexity index is 946.